The second-order valence-electron chi connectivity index (χ2n) is 4.68. The highest BCUT2D eigenvalue weighted by Gasteiger charge is 2.20. The van der Waals surface area contributed by atoms with Crippen LogP contribution in [0.25, 0.3) is 0 Å². The van der Waals surface area contributed by atoms with Gasteiger partial charge in [-0.05, 0) is 30.2 Å². The zero-order valence-electron chi connectivity index (χ0n) is 11.6. The van der Waals surface area contributed by atoms with E-state index in [1.165, 1.54) is 18.2 Å². The third-order valence-corrected chi connectivity index (χ3v) is 5.00. The summed E-state index contributed by atoms with van der Waals surface area (Å²) >= 11 is 5.82. The van der Waals surface area contributed by atoms with Crippen molar-refractivity contribution in [2.24, 2.45) is 0 Å². The van der Waals surface area contributed by atoms with Crippen molar-refractivity contribution in [3.8, 4) is 0 Å². The number of halogens is 1. The molecule has 0 fully saturated rings. The lowest BCUT2D eigenvalue weighted by Crippen LogP contribution is -2.28. The number of nitrogen functional groups attached to an aromatic ring is 1. The summed E-state index contributed by atoms with van der Waals surface area (Å²) < 4.78 is 27.6. The average Bonchev–Trinajstić information content (AvgIpc) is 2.48. The maximum absolute atomic E-state index is 12.4. The van der Waals surface area contributed by atoms with Crippen LogP contribution in [0.1, 0.15) is 24.9 Å². The van der Waals surface area contributed by atoms with E-state index < -0.39 is 10.0 Å². The van der Waals surface area contributed by atoms with Crippen LogP contribution in [-0.2, 0) is 10.0 Å². The first kappa shape index (κ1) is 15.8. The van der Waals surface area contributed by atoms with Crippen molar-refractivity contribution in [1.82, 2.24) is 4.72 Å². The van der Waals surface area contributed by atoms with Gasteiger partial charge in [-0.1, -0.05) is 48.9 Å². The molecule has 0 aliphatic heterocycles. The first-order valence-corrected chi connectivity index (χ1v) is 8.42. The molecule has 6 heteroatoms. The molecule has 4 nitrogen and oxygen atoms in total. The Morgan fingerprint density at radius 2 is 1.86 bits per heavy atom. The Morgan fingerprint density at radius 3 is 2.43 bits per heavy atom. The number of benzene rings is 2. The Morgan fingerprint density at radius 1 is 1.19 bits per heavy atom. The third kappa shape index (κ3) is 3.75. The van der Waals surface area contributed by atoms with Crippen molar-refractivity contribution < 1.29 is 8.42 Å². The van der Waals surface area contributed by atoms with E-state index >= 15 is 0 Å². The monoisotopic (exact) mass is 324 g/mol. The van der Waals surface area contributed by atoms with Crippen LogP contribution < -0.4 is 10.5 Å². The molecule has 0 saturated heterocycles. The minimum absolute atomic E-state index is 0.110. The summed E-state index contributed by atoms with van der Waals surface area (Å²) in [6.45, 7) is 1.93. The summed E-state index contributed by atoms with van der Waals surface area (Å²) in [5.74, 6) is 0. The molecule has 0 saturated carbocycles. The van der Waals surface area contributed by atoms with E-state index in [0.29, 0.717) is 11.4 Å². The van der Waals surface area contributed by atoms with Crippen molar-refractivity contribution in [2.45, 2.75) is 24.3 Å². The lowest BCUT2D eigenvalue weighted by Gasteiger charge is -2.17. The predicted octanol–water partition coefficient (Wildman–Crippen LogP) is 3.35. The molecule has 1 unspecified atom stereocenters. The van der Waals surface area contributed by atoms with Gasteiger partial charge < -0.3 is 5.73 Å². The molecule has 0 heterocycles. The molecule has 1 atom stereocenters. The number of sulfonamides is 1. The molecule has 0 aliphatic rings. The van der Waals surface area contributed by atoms with E-state index in [4.69, 9.17) is 17.3 Å². The van der Waals surface area contributed by atoms with Gasteiger partial charge in [0.15, 0.2) is 0 Å². The topological polar surface area (TPSA) is 72.2 Å². The van der Waals surface area contributed by atoms with Crippen molar-refractivity contribution in [3.63, 3.8) is 0 Å². The summed E-state index contributed by atoms with van der Waals surface area (Å²) in [4.78, 5) is 0.110. The zero-order valence-corrected chi connectivity index (χ0v) is 13.2. The maximum atomic E-state index is 12.4. The molecule has 0 spiro atoms. The van der Waals surface area contributed by atoms with E-state index in [2.05, 4.69) is 4.72 Å². The normalized spacial score (nSPS) is 13.0. The van der Waals surface area contributed by atoms with Crippen LogP contribution in [0.2, 0.25) is 5.02 Å². The van der Waals surface area contributed by atoms with E-state index in [1.807, 2.05) is 37.3 Å². The number of hydrogen-bond donors (Lipinski definition) is 2. The second-order valence-corrected chi connectivity index (χ2v) is 6.80. The van der Waals surface area contributed by atoms with E-state index in [-0.39, 0.29) is 16.6 Å². The van der Waals surface area contributed by atoms with Crippen molar-refractivity contribution in [2.75, 3.05) is 5.73 Å². The molecule has 112 valence electrons. The number of anilines is 1. The van der Waals surface area contributed by atoms with Gasteiger partial charge in [0.05, 0.1) is 15.6 Å². The first-order valence-electron chi connectivity index (χ1n) is 6.56. The molecule has 2 aromatic rings. The molecule has 21 heavy (non-hydrogen) atoms. The summed E-state index contributed by atoms with van der Waals surface area (Å²) in [6.07, 6.45) is 0.645. The van der Waals surface area contributed by atoms with Gasteiger partial charge in [0.1, 0.15) is 0 Å². The van der Waals surface area contributed by atoms with E-state index in [1.54, 1.807) is 0 Å². The second kappa shape index (κ2) is 6.47. The van der Waals surface area contributed by atoms with Crippen LogP contribution in [0.15, 0.2) is 53.4 Å². The molecule has 0 aromatic heterocycles. The van der Waals surface area contributed by atoms with Gasteiger partial charge in [-0.25, -0.2) is 13.1 Å². The van der Waals surface area contributed by atoms with Crippen LogP contribution in [-0.4, -0.2) is 8.42 Å². The van der Waals surface area contributed by atoms with Gasteiger partial charge >= 0.3 is 0 Å². The highest BCUT2D eigenvalue weighted by atomic mass is 35.5. The predicted molar refractivity (Wildman–Crippen MR) is 85.7 cm³/mol. The highest BCUT2D eigenvalue weighted by Crippen LogP contribution is 2.24. The average molecular weight is 325 g/mol. The van der Waals surface area contributed by atoms with Crippen LogP contribution >= 0.6 is 11.6 Å². The number of rotatable bonds is 5. The van der Waals surface area contributed by atoms with Crippen molar-refractivity contribution >= 4 is 27.3 Å². The fraction of sp³-hybridized carbons (Fsp3) is 0.200. The SMILES string of the molecule is CCC(NS(=O)(=O)c1ccc(Cl)c(N)c1)c1ccccc1. The maximum Gasteiger partial charge on any atom is 0.241 e. The highest BCUT2D eigenvalue weighted by molar-refractivity contribution is 7.89. The standard InChI is InChI=1S/C15H17ClN2O2S/c1-2-15(11-6-4-3-5-7-11)18-21(19,20)12-8-9-13(16)14(17)10-12/h3-10,15,18H,2,17H2,1H3. The van der Waals surface area contributed by atoms with Gasteiger partial charge in [0, 0.05) is 6.04 Å². The lowest BCUT2D eigenvalue weighted by molar-refractivity contribution is 0.550. The van der Waals surface area contributed by atoms with Gasteiger partial charge in [-0.2, -0.15) is 0 Å². The number of hydrogen-bond acceptors (Lipinski definition) is 3. The van der Waals surface area contributed by atoms with Gasteiger partial charge in [-0.3, -0.25) is 0 Å². The first-order chi connectivity index (χ1) is 9.94. The lowest BCUT2D eigenvalue weighted by atomic mass is 10.1. The quantitative estimate of drug-likeness (QED) is 0.828. The van der Waals surface area contributed by atoms with Crippen molar-refractivity contribution in [1.29, 1.82) is 0 Å². The van der Waals surface area contributed by atoms with E-state index in [0.717, 1.165) is 5.56 Å². The summed E-state index contributed by atoms with van der Waals surface area (Å²) in [6, 6.07) is 13.5. The minimum atomic E-state index is -3.65. The fourth-order valence-corrected chi connectivity index (χ4v) is 3.48. The van der Waals surface area contributed by atoms with Crippen LogP contribution in [0, 0.1) is 0 Å². The molecule has 0 bridgehead atoms. The molecule has 0 aliphatic carbocycles. The summed E-state index contributed by atoms with van der Waals surface area (Å²) in [5, 5.41) is 0.337. The summed E-state index contributed by atoms with van der Waals surface area (Å²) in [5.41, 5.74) is 6.83. The molecule has 3 N–H and O–H groups in total. The van der Waals surface area contributed by atoms with Crippen molar-refractivity contribution in [3.05, 3.63) is 59.1 Å². The van der Waals surface area contributed by atoms with E-state index in [9.17, 15) is 8.42 Å². The van der Waals surface area contributed by atoms with Gasteiger partial charge in [0.25, 0.3) is 0 Å². The molecule has 0 amide bonds. The minimum Gasteiger partial charge on any atom is -0.397 e. The van der Waals surface area contributed by atoms with Crippen LogP contribution in [0.5, 0.6) is 0 Å². The van der Waals surface area contributed by atoms with Gasteiger partial charge in [0.2, 0.25) is 10.0 Å². The summed E-state index contributed by atoms with van der Waals surface area (Å²) in [7, 11) is -3.65. The molecule has 0 radical (unpaired) electrons. The zero-order chi connectivity index (χ0) is 15.5. The Balaban J connectivity index is 2.29. The molecule has 2 aromatic carbocycles. The smallest absolute Gasteiger partial charge is 0.241 e. The largest absolute Gasteiger partial charge is 0.397 e. The van der Waals surface area contributed by atoms with Crippen LogP contribution in [0.3, 0.4) is 0 Å². The Hall–Kier alpha value is -1.56. The molecular weight excluding hydrogens is 308 g/mol. The third-order valence-electron chi connectivity index (χ3n) is 3.19. The Kier molecular flexibility index (Phi) is 4.88. The van der Waals surface area contributed by atoms with Gasteiger partial charge in [-0.15, -0.1) is 0 Å². The Bertz CT molecular complexity index is 718. The molecular formula is C15H17ClN2O2S. The number of nitrogens with one attached hydrogen (secondary N) is 1. The number of nitrogens with two attached hydrogens (primary N) is 1. The fourth-order valence-electron chi connectivity index (χ4n) is 2.02. The molecule has 2 rings (SSSR count). The van der Waals surface area contributed by atoms with Crippen LogP contribution in [0.4, 0.5) is 5.69 Å². The Labute approximate surface area is 130 Å².